The van der Waals surface area contributed by atoms with Crippen molar-refractivity contribution in [3.05, 3.63) is 124 Å². The molecule has 0 aliphatic carbocycles. The predicted octanol–water partition coefficient (Wildman–Crippen LogP) is 6.54. The molecule has 3 N–H and O–H groups in total. The minimum absolute atomic E-state index is 0.0592. The Morgan fingerprint density at radius 3 is 2.12 bits per heavy atom. The normalized spacial score (nSPS) is 16.4. The first-order valence-electron chi connectivity index (χ1n) is 18.1. The minimum atomic E-state index is -1.38. The van der Waals surface area contributed by atoms with E-state index >= 15 is 0 Å². The van der Waals surface area contributed by atoms with Crippen LogP contribution in [0.3, 0.4) is 0 Å². The molecule has 3 aliphatic heterocycles. The molecular weight excluding hydrogens is 716 g/mol. The number of aryl methyl sites for hydroxylation is 2. The first kappa shape index (κ1) is 37.6. The third-order valence-electron chi connectivity index (χ3n) is 9.98. The molecule has 1 unspecified atom stereocenters. The molecule has 13 heteroatoms. The van der Waals surface area contributed by atoms with Crippen LogP contribution in [0.2, 0.25) is 0 Å². The van der Waals surface area contributed by atoms with E-state index in [1.807, 2.05) is 45.9 Å². The molecule has 7 rings (SSSR count). The Labute approximate surface area is 323 Å². The highest BCUT2D eigenvalue weighted by atomic mass is 16.6. The number of amides is 5. The summed E-state index contributed by atoms with van der Waals surface area (Å²) in [5, 5.41) is 8.49. The van der Waals surface area contributed by atoms with E-state index in [4.69, 9.17) is 14.2 Å². The number of hydrogen-bond acceptors (Lipinski definition) is 9. The largest absolute Gasteiger partial charge is 0.456 e. The molecule has 1 atom stereocenters. The fourth-order valence-electron chi connectivity index (χ4n) is 7.82. The summed E-state index contributed by atoms with van der Waals surface area (Å²) < 4.78 is 18.3. The highest BCUT2D eigenvalue weighted by Crippen LogP contribution is 2.56. The lowest BCUT2D eigenvalue weighted by Crippen LogP contribution is -2.35. The zero-order valence-electron chi connectivity index (χ0n) is 31.5. The summed E-state index contributed by atoms with van der Waals surface area (Å²) in [7, 11) is 0. The van der Waals surface area contributed by atoms with Crippen LogP contribution in [0.4, 0.5) is 16.2 Å². The summed E-state index contributed by atoms with van der Waals surface area (Å²) in [6.07, 6.45) is 2.85. The quantitative estimate of drug-likeness (QED) is 0.0704. The van der Waals surface area contributed by atoms with Gasteiger partial charge in [0, 0.05) is 89.8 Å². The zero-order valence-corrected chi connectivity index (χ0v) is 31.5. The number of nitrogens with zero attached hydrogens (tertiary/aromatic N) is 1. The van der Waals surface area contributed by atoms with Gasteiger partial charge in [0.1, 0.15) is 17.2 Å². The number of nitrogens with one attached hydrogen (secondary N) is 3. The molecule has 1 spiro atoms. The third kappa shape index (κ3) is 6.99. The maximum atomic E-state index is 13.7. The lowest BCUT2D eigenvalue weighted by atomic mass is 9.77. The Morgan fingerprint density at radius 2 is 1.46 bits per heavy atom. The molecule has 3 heterocycles. The van der Waals surface area contributed by atoms with E-state index in [2.05, 4.69) is 16.0 Å². The van der Waals surface area contributed by atoms with E-state index in [1.165, 1.54) is 19.1 Å². The van der Waals surface area contributed by atoms with Gasteiger partial charge >= 0.3 is 18.0 Å². The number of anilines is 2. The number of benzene rings is 4. The maximum absolute atomic E-state index is 13.7. The van der Waals surface area contributed by atoms with Crippen molar-refractivity contribution < 1.29 is 43.0 Å². The number of esters is 2. The maximum Gasteiger partial charge on any atom is 0.340 e. The van der Waals surface area contributed by atoms with Crippen molar-refractivity contribution in [2.24, 2.45) is 0 Å². The molecule has 13 nitrogen and oxygen atoms in total. The summed E-state index contributed by atoms with van der Waals surface area (Å²) in [4.78, 5) is 76.5. The molecule has 0 aromatic heterocycles. The van der Waals surface area contributed by atoms with Crippen LogP contribution in [0.5, 0.6) is 17.2 Å². The molecule has 0 fully saturated rings. The molecule has 5 amide bonds. The molecule has 4 aromatic rings. The van der Waals surface area contributed by atoms with Crippen molar-refractivity contribution in [2.75, 3.05) is 23.7 Å². The summed E-state index contributed by atoms with van der Waals surface area (Å²) >= 11 is 0. The number of rotatable bonds is 10. The number of carbonyl (C=O) groups excluding carboxylic acids is 6. The molecule has 0 saturated heterocycles. The van der Waals surface area contributed by atoms with E-state index in [1.54, 1.807) is 54.6 Å². The Kier molecular flexibility index (Phi) is 9.71. The zero-order chi connectivity index (χ0) is 39.9. The monoisotopic (exact) mass is 756 g/mol. The van der Waals surface area contributed by atoms with E-state index < -0.39 is 29.0 Å². The van der Waals surface area contributed by atoms with Crippen molar-refractivity contribution >= 4 is 47.1 Å². The molecule has 0 bridgehead atoms. The molecule has 4 aromatic carbocycles. The third-order valence-corrected chi connectivity index (χ3v) is 9.98. The van der Waals surface area contributed by atoms with Crippen LogP contribution >= 0.6 is 0 Å². The first-order valence-corrected chi connectivity index (χ1v) is 18.1. The van der Waals surface area contributed by atoms with Gasteiger partial charge in [-0.1, -0.05) is 38.1 Å². The summed E-state index contributed by atoms with van der Waals surface area (Å²) in [6, 6.07) is 20.6. The van der Waals surface area contributed by atoms with Crippen molar-refractivity contribution in [1.82, 2.24) is 10.2 Å². The van der Waals surface area contributed by atoms with Gasteiger partial charge in [0.25, 0.3) is 11.8 Å². The Bertz CT molecular complexity index is 2360. The highest BCUT2D eigenvalue weighted by molar-refractivity contribution is 6.12. The summed E-state index contributed by atoms with van der Waals surface area (Å²) in [5.41, 5.74) is 3.42. The molecule has 0 radical (unpaired) electrons. The molecule has 3 aliphatic rings. The van der Waals surface area contributed by atoms with Gasteiger partial charge in [0.2, 0.25) is 5.91 Å². The molecule has 56 heavy (non-hydrogen) atoms. The van der Waals surface area contributed by atoms with Crippen LogP contribution in [-0.4, -0.2) is 53.7 Å². The second kappa shape index (κ2) is 14.5. The van der Waals surface area contributed by atoms with Gasteiger partial charge in [0.05, 0.1) is 5.56 Å². The number of ether oxygens (including phenoxy) is 3. The van der Waals surface area contributed by atoms with Crippen molar-refractivity contribution in [2.45, 2.75) is 58.5 Å². The molecule has 0 saturated carbocycles. The molecular formula is C43H40N4O9. The minimum Gasteiger partial charge on any atom is -0.456 e. The number of hydrogen-bond donors (Lipinski definition) is 3. The number of urea groups is 1. The van der Waals surface area contributed by atoms with Crippen LogP contribution in [0, 0.1) is 13.8 Å². The van der Waals surface area contributed by atoms with E-state index in [9.17, 15) is 28.8 Å². The van der Waals surface area contributed by atoms with Crippen molar-refractivity contribution in [3.8, 4) is 17.2 Å². The predicted molar refractivity (Wildman–Crippen MR) is 206 cm³/mol. The Hall–Kier alpha value is -6.76. The average molecular weight is 757 g/mol. The topological polar surface area (TPSA) is 169 Å². The second-order valence-corrected chi connectivity index (χ2v) is 14.7. The van der Waals surface area contributed by atoms with E-state index in [0.717, 1.165) is 21.6 Å². The molecule has 286 valence electrons. The Balaban J connectivity index is 1.13. The van der Waals surface area contributed by atoms with E-state index in [-0.39, 0.29) is 37.2 Å². The lowest BCUT2D eigenvalue weighted by molar-refractivity contribution is -0.137. The van der Waals surface area contributed by atoms with Gasteiger partial charge in [-0.15, -0.1) is 0 Å². The first-order chi connectivity index (χ1) is 26.7. The summed E-state index contributed by atoms with van der Waals surface area (Å²) in [5.74, 6) is -0.955. The standard InChI is InChI=1S/C43H40N4O9/c1-24-19-25(2)39(35(20-24)54-26(3)48)42(4,5)23-36(49)45-27-11-13-31-33(21-27)55-34-22-28(46-41(53)44-17-8-18-47-37(50)15-16-38(47)51)12-14-32(34)43(31)30-10-7-6-9-29(30)40(52)56-43/h6-7,9-16,19-22H,8,17-18,23H2,1-5H3,(H,45,49)(H2,44,46,53). The average Bonchev–Trinajstić information content (AvgIpc) is 3.60. The number of imide groups is 1. The SMILES string of the molecule is CC(=O)Oc1cc(C)cc(C)c1C(C)(C)CC(=O)Nc1ccc2c(c1)Oc1cc(NC(=O)NCCCN3C(=O)C=CC3=O)ccc1C21OC(=O)c2ccccc21. The fraction of sp³-hybridized carbons (Fsp3) is 0.256. The summed E-state index contributed by atoms with van der Waals surface area (Å²) in [6.45, 7) is 9.39. The van der Waals surface area contributed by atoms with E-state index in [0.29, 0.717) is 57.3 Å². The lowest BCUT2D eigenvalue weighted by Gasteiger charge is -2.37. The van der Waals surface area contributed by atoms with Crippen LogP contribution in [0.15, 0.2) is 84.9 Å². The van der Waals surface area contributed by atoms with Crippen LogP contribution in [0.1, 0.15) is 77.4 Å². The van der Waals surface area contributed by atoms with Crippen LogP contribution in [0.25, 0.3) is 0 Å². The van der Waals surface area contributed by atoms with Crippen LogP contribution < -0.4 is 25.4 Å². The van der Waals surface area contributed by atoms with Crippen molar-refractivity contribution in [1.29, 1.82) is 0 Å². The van der Waals surface area contributed by atoms with Crippen molar-refractivity contribution in [3.63, 3.8) is 0 Å². The fourth-order valence-corrected chi connectivity index (χ4v) is 7.82. The van der Waals surface area contributed by atoms with Gasteiger partial charge in [-0.2, -0.15) is 0 Å². The van der Waals surface area contributed by atoms with Gasteiger partial charge in [-0.25, -0.2) is 9.59 Å². The van der Waals surface area contributed by atoms with Gasteiger partial charge < -0.3 is 30.2 Å². The Morgan fingerprint density at radius 1 is 0.821 bits per heavy atom. The number of fused-ring (bicyclic) bond motifs is 6. The smallest absolute Gasteiger partial charge is 0.340 e. The van der Waals surface area contributed by atoms with Gasteiger partial charge in [-0.3, -0.25) is 24.1 Å². The second-order valence-electron chi connectivity index (χ2n) is 14.7. The van der Waals surface area contributed by atoms with Gasteiger partial charge in [-0.05, 0) is 67.8 Å². The highest BCUT2D eigenvalue weighted by Gasteiger charge is 2.53. The number of carbonyl (C=O) groups is 6. The van der Waals surface area contributed by atoms with Gasteiger partial charge in [0.15, 0.2) is 5.60 Å². The van der Waals surface area contributed by atoms with Crippen LogP contribution in [-0.2, 0) is 34.9 Å².